The zero-order chi connectivity index (χ0) is 21.4. The van der Waals surface area contributed by atoms with Gasteiger partial charge in [0, 0.05) is 45.8 Å². The van der Waals surface area contributed by atoms with Gasteiger partial charge in [-0.05, 0) is 46.8 Å². The number of carbonyl (C=O) groups excluding carboxylic acids is 2. The van der Waals surface area contributed by atoms with Crippen molar-refractivity contribution in [1.82, 2.24) is 34.8 Å². The van der Waals surface area contributed by atoms with Crippen LogP contribution in [0.25, 0.3) is 16.7 Å². The number of benzene rings is 2. The van der Waals surface area contributed by atoms with E-state index in [4.69, 9.17) is 0 Å². The molecule has 0 radical (unpaired) electrons. The van der Waals surface area contributed by atoms with Gasteiger partial charge in [0.05, 0.1) is 11.0 Å². The molecule has 2 aromatic carbocycles. The van der Waals surface area contributed by atoms with E-state index in [1.54, 1.807) is 33.4 Å². The Bertz CT molecular complexity index is 1280. The first-order valence-corrected chi connectivity index (χ1v) is 9.99. The summed E-state index contributed by atoms with van der Waals surface area (Å²) in [7, 11) is 0. The minimum atomic E-state index is -0.0392. The number of para-hydroxylation sites is 2. The number of amides is 2. The van der Waals surface area contributed by atoms with Gasteiger partial charge in [-0.25, -0.2) is 4.98 Å². The first-order valence-electron chi connectivity index (χ1n) is 9.99. The Morgan fingerprint density at radius 2 is 1.68 bits per heavy atom. The normalized spacial score (nSPS) is 14.2. The summed E-state index contributed by atoms with van der Waals surface area (Å²) in [6, 6.07) is 14.8. The Hall–Kier alpha value is -4.08. The molecule has 4 aromatic rings. The lowest BCUT2D eigenvalue weighted by molar-refractivity contribution is -0.130. The number of carbonyl (C=O) groups is 2. The number of piperazine rings is 1. The van der Waals surface area contributed by atoms with Crippen molar-refractivity contribution in [3.05, 3.63) is 54.1 Å². The Kier molecular flexibility index (Phi) is 4.66. The first kappa shape index (κ1) is 18.9. The molecule has 0 saturated carbocycles. The first-order chi connectivity index (χ1) is 15.1. The highest BCUT2D eigenvalue weighted by Crippen LogP contribution is 2.23. The molecule has 0 spiro atoms. The summed E-state index contributed by atoms with van der Waals surface area (Å²) in [6.07, 6.45) is 0. The molecule has 3 heterocycles. The molecule has 0 atom stereocenters. The molecule has 1 aliphatic heterocycles. The van der Waals surface area contributed by atoms with E-state index >= 15 is 0 Å². The standard InChI is InChI=1S/C21H20N8O2.H2/c1-14(30)27-10-12-28(13-11-27)21(31)15-6-8-16(9-7-15)22-19-20-24-25-26-29(20)18-5-3-2-4-17(18)23-19;/h2-9H,10-13H2,1H3,(H,22,23);1H. The smallest absolute Gasteiger partial charge is 0.253 e. The van der Waals surface area contributed by atoms with Gasteiger partial charge >= 0.3 is 0 Å². The van der Waals surface area contributed by atoms with E-state index in [9.17, 15) is 9.59 Å². The Labute approximate surface area is 178 Å². The van der Waals surface area contributed by atoms with E-state index in [-0.39, 0.29) is 13.2 Å². The maximum Gasteiger partial charge on any atom is 0.253 e. The third-order valence-corrected chi connectivity index (χ3v) is 5.43. The van der Waals surface area contributed by atoms with E-state index in [0.717, 1.165) is 16.7 Å². The number of rotatable bonds is 3. The third-order valence-electron chi connectivity index (χ3n) is 5.43. The van der Waals surface area contributed by atoms with Crippen molar-refractivity contribution in [2.45, 2.75) is 6.92 Å². The van der Waals surface area contributed by atoms with Crippen LogP contribution in [0.1, 0.15) is 18.7 Å². The molecule has 1 N–H and O–H groups in total. The minimum Gasteiger partial charge on any atom is -0.339 e. The summed E-state index contributed by atoms with van der Waals surface area (Å²) in [4.78, 5) is 32.4. The number of tetrazole rings is 1. The Morgan fingerprint density at radius 3 is 2.42 bits per heavy atom. The monoisotopic (exact) mass is 418 g/mol. The predicted octanol–water partition coefficient (Wildman–Crippen LogP) is 1.97. The van der Waals surface area contributed by atoms with Gasteiger partial charge in [0.1, 0.15) is 0 Å². The maximum absolute atomic E-state index is 12.8. The van der Waals surface area contributed by atoms with Crippen LogP contribution in [-0.2, 0) is 4.79 Å². The molecule has 5 rings (SSSR count). The van der Waals surface area contributed by atoms with Crippen LogP contribution in [0.3, 0.4) is 0 Å². The van der Waals surface area contributed by atoms with Crippen LogP contribution in [0.5, 0.6) is 0 Å². The number of aromatic nitrogens is 5. The summed E-state index contributed by atoms with van der Waals surface area (Å²) in [5, 5.41) is 15.1. The Morgan fingerprint density at radius 1 is 0.968 bits per heavy atom. The highest BCUT2D eigenvalue weighted by molar-refractivity contribution is 5.95. The number of hydrogen-bond acceptors (Lipinski definition) is 7. The van der Waals surface area contributed by atoms with Crippen molar-refractivity contribution in [1.29, 1.82) is 0 Å². The van der Waals surface area contributed by atoms with Crippen molar-refractivity contribution in [3.8, 4) is 0 Å². The molecule has 1 fully saturated rings. The largest absolute Gasteiger partial charge is 0.339 e. The van der Waals surface area contributed by atoms with E-state index < -0.39 is 0 Å². The van der Waals surface area contributed by atoms with Crippen molar-refractivity contribution < 1.29 is 11.0 Å². The van der Waals surface area contributed by atoms with Crippen LogP contribution in [-0.4, -0.2) is 72.8 Å². The zero-order valence-electron chi connectivity index (χ0n) is 16.9. The third kappa shape index (κ3) is 3.52. The lowest BCUT2D eigenvalue weighted by Gasteiger charge is -2.34. The molecule has 31 heavy (non-hydrogen) atoms. The lowest BCUT2D eigenvalue weighted by atomic mass is 10.1. The molecular formula is C21H22N8O2. The average molecular weight is 418 g/mol. The van der Waals surface area contributed by atoms with Crippen LogP contribution in [0.2, 0.25) is 0 Å². The maximum atomic E-state index is 12.8. The molecule has 1 aliphatic rings. The molecule has 0 aliphatic carbocycles. The Balaban J connectivity index is 0.00000245. The minimum absolute atomic E-state index is 0. The lowest BCUT2D eigenvalue weighted by Crippen LogP contribution is -2.50. The van der Waals surface area contributed by atoms with Crippen LogP contribution >= 0.6 is 0 Å². The van der Waals surface area contributed by atoms with Gasteiger partial charge in [0.2, 0.25) is 11.6 Å². The summed E-state index contributed by atoms with van der Waals surface area (Å²) < 4.78 is 1.64. The van der Waals surface area contributed by atoms with Crippen LogP contribution in [0.15, 0.2) is 48.5 Å². The fourth-order valence-electron chi connectivity index (χ4n) is 3.73. The highest BCUT2D eigenvalue weighted by Gasteiger charge is 2.23. The van der Waals surface area contributed by atoms with Crippen molar-refractivity contribution in [2.75, 3.05) is 31.5 Å². The van der Waals surface area contributed by atoms with Crippen molar-refractivity contribution in [3.63, 3.8) is 0 Å². The van der Waals surface area contributed by atoms with Crippen molar-refractivity contribution >= 4 is 40.0 Å². The van der Waals surface area contributed by atoms with Crippen LogP contribution in [0, 0.1) is 0 Å². The van der Waals surface area contributed by atoms with Gasteiger partial charge in [0.15, 0.2) is 5.82 Å². The molecule has 10 nitrogen and oxygen atoms in total. The topological polar surface area (TPSA) is 109 Å². The van der Waals surface area contributed by atoms with Crippen LogP contribution < -0.4 is 5.32 Å². The van der Waals surface area contributed by atoms with Gasteiger partial charge in [-0.3, -0.25) is 9.59 Å². The fraction of sp³-hybridized carbons (Fsp3) is 0.238. The number of nitrogens with zero attached hydrogens (tertiary/aromatic N) is 7. The summed E-state index contributed by atoms with van der Waals surface area (Å²) >= 11 is 0. The number of nitrogens with one attached hydrogen (secondary N) is 1. The average Bonchev–Trinajstić information content (AvgIpc) is 3.30. The zero-order valence-corrected chi connectivity index (χ0v) is 16.9. The number of fused-ring (bicyclic) bond motifs is 3. The van der Waals surface area contributed by atoms with Gasteiger partial charge in [-0.2, -0.15) is 4.52 Å². The number of anilines is 2. The summed E-state index contributed by atoms with van der Waals surface area (Å²) in [6.45, 7) is 3.76. The molecule has 2 aromatic heterocycles. The van der Waals surface area contributed by atoms with Gasteiger partial charge < -0.3 is 15.1 Å². The molecule has 0 bridgehead atoms. The summed E-state index contributed by atoms with van der Waals surface area (Å²) in [5.41, 5.74) is 3.47. The molecule has 158 valence electrons. The van der Waals surface area contributed by atoms with Crippen LogP contribution in [0.4, 0.5) is 11.5 Å². The predicted molar refractivity (Wildman–Crippen MR) is 116 cm³/mol. The van der Waals surface area contributed by atoms with E-state index in [1.165, 1.54) is 0 Å². The summed E-state index contributed by atoms with van der Waals surface area (Å²) in [5.74, 6) is 0.535. The van der Waals surface area contributed by atoms with E-state index in [1.807, 2.05) is 36.4 Å². The highest BCUT2D eigenvalue weighted by atomic mass is 16.2. The second-order valence-corrected chi connectivity index (χ2v) is 7.36. The van der Waals surface area contributed by atoms with E-state index in [0.29, 0.717) is 43.2 Å². The molecule has 0 unspecified atom stereocenters. The van der Waals surface area contributed by atoms with Gasteiger partial charge in [-0.15, -0.1) is 5.10 Å². The van der Waals surface area contributed by atoms with E-state index in [2.05, 4.69) is 25.8 Å². The molecule has 2 amide bonds. The number of hydrogen-bond donors (Lipinski definition) is 1. The fourth-order valence-corrected chi connectivity index (χ4v) is 3.73. The van der Waals surface area contributed by atoms with Gasteiger partial charge in [0.25, 0.3) is 5.91 Å². The van der Waals surface area contributed by atoms with Crippen molar-refractivity contribution in [2.24, 2.45) is 0 Å². The molecule has 1 saturated heterocycles. The quantitative estimate of drug-likeness (QED) is 0.542. The van der Waals surface area contributed by atoms with Gasteiger partial charge in [-0.1, -0.05) is 12.1 Å². The second-order valence-electron chi connectivity index (χ2n) is 7.36. The molecule has 10 heteroatoms. The second kappa shape index (κ2) is 7.63. The SMILES string of the molecule is CC(=O)N1CCN(C(=O)c2ccc(Nc3nc4ccccc4n4nnnc34)cc2)CC1.[HH]. The molecular weight excluding hydrogens is 396 g/mol.